The van der Waals surface area contributed by atoms with Crippen LogP contribution in [0.5, 0.6) is 0 Å². The third kappa shape index (κ3) is 2.13. The lowest BCUT2D eigenvalue weighted by Gasteiger charge is -2.17. The van der Waals surface area contributed by atoms with Crippen molar-refractivity contribution in [3.05, 3.63) is 34.9 Å². The van der Waals surface area contributed by atoms with Crippen molar-refractivity contribution in [2.24, 2.45) is 5.92 Å². The Morgan fingerprint density at radius 2 is 2.07 bits per heavy atom. The molecule has 4 heteroatoms. The van der Waals surface area contributed by atoms with E-state index in [4.69, 9.17) is 11.6 Å². The fourth-order valence-corrected chi connectivity index (χ4v) is 2.24. The quantitative estimate of drug-likeness (QED) is 0.753. The van der Waals surface area contributed by atoms with Crippen molar-refractivity contribution < 1.29 is 15.2 Å². The zero-order valence-corrected chi connectivity index (χ0v) is 8.91. The van der Waals surface area contributed by atoms with Gasteiger partial charge in [-0.3, -0.25) is 0 Å². The van der Waals surface area contributed by atoms with Crippen LogP contribution < -0.4 is 10.4 Å². The fraction of sp³-hybridized carbons (Fsp3) is 0.364. The zero-order chi connectivity index (χ0) is 10.8. The molecule has 2 atom stereocenters. The molecule has 0 spiro atoms. The number of carbonyl (C=O) groups is 1. The first kappa shape index (κ1) is 10.5. The van der Waals surface area contributed by atoms with E-state index in [2.05, 4.69) is 0 Å². The SMILES string of the molecule is O=C([O-])[C@H]1CC[NH2+][C@H]1c1ccc(Cl)cc1. The Morgan fingerprint density at radius 1 is 1.40 bits per heavy atom. The summed E-state index contributed by atoms with van der Waals surface area (Å²) >= 11 is 5.78. The van der Waals surface area contributed by atoms with Crippen LogP contribution in [0.3, 0.4) is 0 Å². The Kier molecular flexibility index (Phi) is 2.93. The van der Waals surface area contributed by atoms with Crippen molar-refractivity contribution in [2.45, 2.75) is 12.5 Å². The average Bonchev–Trinajstić information content (AvgIpc) is 2.67. The predicted octanol–water partition coefficient (Wildman–Crippen LogP) is -0.286. The second kappa shape index (κ2) is 4.21. The summed E-state index contributed by atoms with van der Waals surface area (Å²) in [5.41, 5.74) is 1.01. The molecule has 1 aliphatic rings. The third-order valence-corrected chi connectivity index (χ3v) is 3.14. The second-order valence-corrected chi connectivity index (χ2v) is 4.25. The Morgan fingerprint density at radius 3 is 2.67 bits per heavy atom. The largest absolute Gasteiger partial charge is 0.550 e. The van der Waals surface area contributed by atoms with E-state index < -0.39 is 5.97 Å². The summed E-state index contributed by atoms with van der Waals surface area (Å²) in [6.45, 7) is 0.839. The lowest BCUT2D eigenvalue weighted by Crippen LogP contribution is -2.82. The van der Waals surface area contributed by atoms with E-state index in [9.17, 15) is 9.90 Å². The second-order valence-electron chi connectivity index (χ2n) is 3.82. The van der Waals surface area contributed by atoms with Crippen LogP contribution >= 0.6 is 11.6 Å². The minimum Gasteiger partial charge on any atom is -0.550 e. The summed E-state index contributed by atoms with van der Waals surface area (Å²) in [5, 5.41) is 13.6. The van der Waals surface area contributed by atoms with Crippen molar-refractivity contribution in [1.29, 1.82) is 0 Å². The lowest BCUT2D eigenvalue weighted by atomic mass is 9.94. The molecule has 1 heterocycles. The van der Waals surface area contributed by atoms with Crippen LogP contribution in [0.25, 0.3) is 0 Å². The topological polar surface area (TPSA) is 56.7 Å². The van der Waals surface area contributed by atoms with Gasteiger partial charge >= 0.3 is 0 Å². The van der Waals surface area contributed by atoms with Gasteiger partial charge in [-0.1, -0.05) is 23.7 Å². The Labute approximate surface area is 93.1 Å². The van der Waals surface area contributed by atoms with Gasteiger partial charge in [-0.15, -0.1) is 0 Å². The van der Waals surface area contributed by atoms with Crippen LogP contribution in [0.2, 0.25) is 5.02 Å². The van der Waals surface area contributed by atoms with Gasteiger partial charge in [0.25, 0.3) is 0 Å². The van der Waals surface area contributed by atoms with Gasteiger partial charge in [0.05, 0.1) is 18.4 Å². The summed E-state index contributed by atoms with van der Waals surface area (Å²) in [6, 6.07) is 7.31. The predicted molar refractivity (Wildman–Crippen MR) is 54.1 cm³/mol. The molecular formula is C11H12ClNO2. The Bertz CT molecular complexity index is 363. The fourth-order valence-electron chi connectivity index (χ4n) is 2.12. The van der Waals surface area contributed by atoms with Gasteiger partial charge in [0.2, 0.25) is 0 Å². The number of nitrogens with two attached hydrogens (primary N) is 1. The monoisotopic (exact) mass is 225 g/mol. The standard InChI is InChI=1S/C11H12ClNO2/c12-8-3-1-7(2-4-8)10-9(11(14)15)5-6-13-10/h1-4,9-10,13H,5-6H2,(H,14,15)/t9-,10-/m0/s1. The van der Waals surface area contributed by atoms with E-state index in [-0.39, 0.29) is 12.0 Å². The molecule has 0 unspecified atom stereocenters. The van der Waals surface area contributed by atoms with Gasteiger partial charge in [-0.2, -0.15) is 0 Å². The van der Waals surface area contributed by atoms with Gasteiger partial charge in [0, 0.05) is 17.0 Å². The number of benzene rings is 1. The molecule has 0 saturated carbocycles. The number of carboxylic acid groups (broad SMARTS) is 1. The Balaban J connectivity index is 2.22. The summed E-state index contributed by atoms with van der Waals surface area (Å²) in [4.78, 5) is 10.9. The van der Waals surface area contributed by atoms with Crippen LogP contribution in [0, 0.1) is 5.92 Å². The van der Waals surface area contributed by atoms with Gasteiger partial charge in [0.15, 0.2) is 0 Å². The van der Waals surface area contributed by atoms with Gasteiger partial charge in [0.1, 0.15) is 6.04 Å². The number of aliphatic carboxylic acids is 1. The summed E-state index contributed by atoms with van der Waals surface area (Å²) in [5.74, 6) is -1.34. The van der Waals surface area contributed by atoms with Crippen molar-refractivity contribution in [3.8, 4) is 0 Å². The normalized spacial score (nSPS) is 25.4. The molecule has 0 radical (unpaired) electrons. The molecule has 0 bridgehead atoms. The molecule has 0 aliphatic carbocycles. The van der Waals surface area contributed by atoms with Gasteiger partial charge in [-0.05, 0) is 12.1 Å². The highest BCUT2D eigenvalue weighted by Crippen LogP contribution is 2.24. The van der Waals surface area contributed by atoms with Crippen molar-refractivity contribution in [2.75, 3.05) is 6.54 Å². The van der Waals surface area contributed by atoms with Crippen LogP contribution in [0.1, 0.15) is 18.0 Å². The first-order chi connectivity index (χ1) is 7.18. The maximum absolute atomic E-state index is 10.9. The number of carbonyl (C=O) groups excluding carboxylic acids is 1. The highest BCUT2D eigenvalue weighted by molar-refractivity contribution is 6.30. The highest BCUT2D eigenvalue weighted by atomic mass is 35.5. The number of halogens is 1. The summed E-state index contributed by atoms with van der Waals surface area (Å²) in [7, 11) is 0. The highest BCUT2D eigenvalue weighted by Gasteiger charge is 2.32. The summed E-state index contributed by atoms with van der Waals surface area (Å²) in [6.07, 6.45) is 0.676. The van der Waals surface area contributed by atoms with Crippen LogP contribution in [0.4, 0.5) is 0 Å². The molecule has 0 amide bonds. The van der Waals surface area contributed by atoms with Crippen molar-refractivity contribution in [3.63, 3.8) is 0 Å². The molecule has 1 saturated heterocycles. The minimum absolute atomic E-state index is 0.0210. The first-order valence-electron chi connectivity index (χ1n) is 4.98. The van der Waals surface area contributed by atoms with E-state index in [1.807, 2.05) is 17.4 Å². The average molecular weight is 226 g/mol. The smallest absolute Gasteiger partial charge is 0.120 e. The maximum Gasteiger partial charge on any atom is 0.120 e. The lowest BCUT2D eigenvalue weighted by molar-refractivity contribution is -0.679. The first-order valence-corrected chi connectivity index (χ1v) is 5.36. The van der Waals surface area contributed by atoms with Crippen molar-refractivity contribution in [1.82, 2.24) is 0 Å². The Hall–Kier alpha value is -1.06. The molecular weight excluding hydrogens is 214 g/mol. The number of carboxylic acids is 1. The van der Waals surface area contributed by atoms with E-state index in [0.717, 1.165) is 12.1 Å². The van der Waals surface area contributed by atoms with E-state index in [1.165, 1.54) is 0 Å². The maximum atomic E-state index is 10.9. The van der Waals surface area contributed by atoms with Crippen LogP contribution in [-0.2, 0) is 4.79 Å². The molecule has 2 rings (SSSR count). The zero-order valence-electron chi connectivity index (χ0n) is 8.15. The van der Waals surface area contributed by atoms with Gasteiger partial charge in [-0.25, -0.2) is 0 Å². The van der Waals surface area contributed by atoms with Crippen molar-refractivity contribution >= 4 is 17.6 Å². The summed E-state index contributed by atoms with van der Waals surface area (Å²) < 4.78 is 0. The molecule has 1 aromatic rings. The van der Waals surface area contributed by atoms with E-state index >= 15 is 0 Å². The molecule has 1 aromatic carbocycles. The molecule has 1 fully saturated rings. The molecule has 1 aliphatic heterocycles. The number of rotatable bonds is 2. The number of hydrogen-bond acceptors (Lipinski definition) is 2. The molecule has 3 nitrogen and oxygen atoms in total. The third-order valence-electron chi connectivity index (χ3n) is 2.89. The van der Waals surface area contributed by atoms with E-state index in [0.29, 0.717) is 11.4 Å². The minimum atomic E-state index is -0.955. The molecule has 2 N–H and O–H groups in total. The van der Waals surface area contributed by atoms with Crippen LogP contribution in [-0.4, -0.2) is 12.5 Å². The van der Waals surface area contributed by atoms with Gasteiger partial charge < -0.3 is 15.2 Å². The van der Waals surface area contributed by atoms with E-state index in [1.54, 1.807) is 12.1 Å². The molecule has 15 heavy (non-hydrogen) atoms. The van der Waals surface area contributed by atoms with Crippen LogP contribution in [0.15, 0.2) is 24.3 Å². The molecule has 80 valence electrons. The molecule has 0 aromatic heterocycles. The number of quaternary nitrogens is 1. The number of hydrogen-bond donors (Lipinski definition) is 1.